The van der Waals surface area contributed by atoms with Crippen molar-refractivity contribution in [1.29, 1.82) is 0 Å². The Labute approximate surface area is 204 Å². The second kappa shape index (κ2) is 13.7. The molecule has 0 aliphatic heterocycles. The van der Waals surface area contributed by atoms with Crippen LogP contribution in [0.1, 0.15) is 86.7 Å². The smallest absolute Gasteiger partial charge is 0.343 e. The van der Waals surface area contributed by atoms with Gasteiger partial charge in [0.25, 0.3) is 0 Å². The van der Waals surface area contributed by atoms with Crippen LogP contribution in [0.5, 0.6) is 5.75 Å². The number of rotatable bonds is 13. The molecule has 3 aromatic rings. The summed E-state index contributed by atoms with van der Waals surface area (Å²) in [6.45, 7) is 4.38. The molecule has 0 aromatic heterocycles. The zero-order valence-corrected chi connectivity index (χ0v) is 20.6. The zero-order valence-electron chi connectivity index (χ0n) is 20.6. The van der Waals surface area contributed by atoms with Crippen molar-refractivity contribution in [3.63, 3.8) is 0 Å². The molecular formula is C31H37FO2. The summed E-state index contributed by atoms with van der Waals surface area (Å²) in [4.78, 5) is 12.6. The Balaban J connectivity index is 1.63. The van der Waals surface area contributed by atoms with Gasteiger partial charge in [-0.2, -0.15) is 0 Å². The number of carbonyl (C=O) groups excluding carboxylic acids is 1. The molecule has 0 saturated carbocycles. The summed E-state index contributed by atoms with van der Waals surface area (Å²) < 4.78 is 19.8. The summed E-state index contributed by atoms with van der Waals surface area (Å²) >= 11 is 0. The highest BCUT2D eigenvalue weighted by atomic mass is 19.1. The van der Waals surface area contributed by atoms with E-state index in [1.54, 1.807) is 18.2 Å². The molecule has 0 saturated heterocycles. The Hall–Kier alpha value is -2.94. The molecule has 3 heteroatoms. The quantitative estimate of drug-likeness (QED) is 0.144. The first-order chi connectivity index (χ1) is 16.6. The first-order valence-corrected chi connectivity index (χ1v) is 12.8. The van der Waals surface area contributed by atoms with Crippen molar-refractivity contribution in [3.05, 3.63) is 89.2 Å². The van der Waals surface area contributed by atoms with E-state index in [0.29, 0.717) is 5.56 Å². The highest BCUT2D eigenvalue weighted by Gasteiger charge is 2.13. The fourth-order valence-corrected chi connectivity index (χ4v) is 4.25. The lowest BCUT2D eigenvalue weighted by atomic mass is 9.95. The molecule has 0 spiro atoms. The Morgan fingerprint density at radius 1 is 0.765 bits per heavy atom. The molecule has 34 heavy (non-hydrogen) atoms. The minimum absolute atomic E-state index is 0.0262. The predicted octanol–water partition coefficient (Wildman–Crippen LogP) is 8.96. The van der Waals surface area contributed by atoms with Crippen LogP contribution < -0.4 is 4.74 Å². The maximum atomic E-state index is 14.5. The van der Waals surface area contributed by atoms with E-state index in [2.05, 4.69) is 32.0 Å². The summed E-state index contributed by atoms with van der Waals surface area (Å²) in [5.41, 5.74) is 4.94. The van der Waals surface area contributed by atoms with Gasteiger partial charge in [-0.05, 0) is 72.2 Å². The first-order valence-electron chi connectivity index (χ1n) is 12.8. The molecule has 3 rings (SSSR count). The van der Waals surface area contributed by atoms with E-state index >= 15 is 0 Å². The molecule has 0 fully saturated rings. The predicted molar refractivity (Wildman–Crippen MR) is 139 cm³/mol. The number of carbonyl (C=O) groups is 1. The Morgan fingerprint density at radius 3 is 2.18 bits per heavy atom. The van der Waals surface area contributed by atoms with Crippen LogP contribution in [0.15, 0.2) is 66.7 Å². The normalized spacial score (nSPS) is 10.9. The fraction of sp³-hybridized carbons (Fsp3) is 0.387. The highest BCUT2D eigenvalue weighted by Crippen LogP contribution is 2.27. The van der Waals surface area contributed by atoms with E-state index in [1.807, 2.05) is 24.3 Å². The zero-order chi connectivity index (χ0) is 24.2. The van der Waals surface area contributed by atoms with E-state index in [-0.39, 0.29) is 5.75 Å². The van der Waals surface area contributed by atoms with Crippen LogP contribution in [-0.2, 0) is 12.8 Å². The van der Waals surface area contributed by atoms with Gasteiger partial charge in [0, 0.05) is 0 Å². The van der Waals surface area contributed by atoms with Gasteiger partial charge in [-0.25, -0.2) is 9.18 Å². The van der Waals surface area contributed by atoms with Crippen LogP contribution in [0.4, 0.5) is 4.39 Å². The minimum atomic E-state index is -0.548. The van der Waals surface area contributed by atoms with Crippen molar-refractivity contribution in [2.75, 3.05) is 0 Å². The minimum Gasteiger partial charge on any atom is -0.420 e. The molecular weight excluding hydrogens is 423 g/mol. The van der Waals surface area contributed by atoms with Crippen molar-refractivity contribution in [2.24, 2.45) is 0 Å². The van der Waals surface area contributed by atoms with Gasteiger partial charge >= 0.3 is 5.97 Å². The van der Waals surface area contributed by atoms with Gasteiger partial charge in [0.15, 0.2) is 11.6 Å². The topological polar surface area (TPSA) is 26.3 Å². The second-order valence-corrected chi connectivity index (χ2v) is 9.01. The van der Waals surface area contributed by atoms with Crippen molar-refractivity contribution in [3.8, 4) is 16.9 Å². The van der Waals surface area contributed by atoms with Crippen molar-refractivity contribution in [2.45, 2.75) is 78.1 Å². The lowest BCUT2D eigenvalue weighted by molar-refractivity contribution is 0.0728. The maximum absolute atomic E-state index is 14.5. The van der Waals surface area contributed by atoms with Crippen LogP contribution in [0.2, 0.25) is 0 Å². The highest BCUT2D eigenvalue weighted by molar-refractivity contribution is 5.91. The van der Waals surface area contributed by atoms with Crippen molar-refractivity contribution < 1.29 is 13.9 Å². The van der Waals surface area contributed by atoms with Crippen LogP contribution in [0.3, 0.4) is 0 Å². The third-order valence-corrected chi connectivity index (χ3v) is 6.27. The van der Waals surface area contributed by atoms with E-state index in [0.717, 1.165) is 43.2 Å². The Bertz CT molecular complexity index is 1040. The summed E-state index contributed by atoms with van der Waals surface area (Å²) in [6, 6.07) is 20.7. The van der Waals surface area contributed by atoms with Gasteiger partial charge in [-0.3, -0.25) is 0 Å². The standard InChI is InChI=1S/C31H37FO2/c1-3-5-7-8-10-14-25-15-11-12-16-28(25)26-18-20-27(21-19-26)31(33)34-30-22-17-24(23-29(30)32)13-9-6-4-2/h11-12,15-23H,3-10,13-14H2,1-2H3. The Morgan fingerprint density at radius 2 is 1.44 bits per heavy atom. The largest absolute Gasteiger partial charge is 0.420 e. The van der Waals surface area contributed by atoms with E-state index in [4.69, 9.17) is 4.74 Å². The van der Waals surface area contributed by atoms with Crippen LogP contribution in [0, 0.1) is 5.82 Å². The summed E-state index contributed by atoms with van der Waals surface area (Å²) in [5, 5.41) is 0. The molecule has 2 nitrogen and oxygen atoms in total. The average Bonchev–Trinajstić information content (AvgIpc) is 2.86. The molecule has 0 amide bonds. The number of hydrogen-bond acceptors (Lipinski definition) is 2. The molecule has 0 N–H and O–H groups in total. The van der Waals surface area contributed by atoms with Gasteiger partial charge in [0.05, 0.1) is 5.56 Å². The van der Waals surface area contributed by atoms with Crippen LogP contribution in [0.25, 0.3) is 11.1 Å². The number of unbranched alkanes of at least 4 members (excludes halogenated alkanes) is 6. The summed E-state index contributed by atoms with van der Waals surface area (Å²) in [6.07, 6.45) is 11.4. The number of esters is 1. The summed E-state index contributed by atoms with van der Waals surface area (Å²) in [7, 11) is 0. The number of ether oxygens (including phenoxy) is 1. The molecule has 0 heterocycles. The number of aryl methyl sites for hydroxylation is 2. The molecule has 180 valence electrons. The van der Waals surface area contributed by atoms with E-state index in [9.17, 15) is 9.18 Å². The van der Waals surface area contributed by atoms with Gasteiger partial charge in [-0.15, -0.1) is 0 Å². The SMILES string of the molecule is CCCCCCCc1ccccc1-c1ccc(C(=O)Oc2ccc(CCCCC)cc2F)cc1. The molecule has 0 atom stereocenters. The molecule has 0 aliphatic carbocycles. The van der Waals surface area contributed by atoms with Crippen molar-refractivity contribution >= 4 is 5.97 Å². The van der Waals surface area contributed by atoms with Crippen molar-refractivity contribution in [1.82, 2.24) is 0 Å². The first kappa shape index (κ1) is 25.7. The molecule has 3 aromatic carbocycles. The number of hydrogen-bond donors (Lipinski definition) is 0. The number of halogens is 1. The van der Waals surface area contributed by atoms with E-state index in [1.165, 1.54) is 49.3 Å². The van der Waals surface area contributed by atoms with Gasteiger partial charge in [0.2, 0.25) is 0 Å². The maximum Gasteiger partial charge on any atom is 0.343 e. The van der Waals surface area contributed by atoms with E-state index < -0.39 is 11.8 Å². The average molecular weight is 461 g/mol. The van der Waals surface area contributed by atoms with Crippen LogP contribution in [-0.4, -0.2) is 5.97 Å². The molecule has 0 unspecified atom stereocenters. The van der Waals surface area contributed by atoms with Gasteiger partial charge in [0.1, 0.15) is 0 Å². The second-order valence-electron chi connectivity index (χ2n) is 9.01. The lowest BCUT2D eigenvalue weighted by Gasteiger charge is -2.11. The monoisotopic (exact) mass is 460 g/mol. The molecule has 0 radical (unpaired) electrons. The Kier molecular flexibility index (Phi) is 10.3. The third-order valence-electron chi connectivity index (χ3n) is 6.27. The molecule has 0 aliphatic rings. The van der Waals surface area contributed by atoms with Gasteiger partial charge < -0.3 is 4.74 Å². The third kappa shape index (κ3) is 7.55. The lowest BCUT2D eigenvalue weighted by Crippen LogP contribution is -2.09. The summed E-state index contributed by atoms with van der Waals surface area (Å²) in [5.74, 6) is -1.07. The number of benzene rings is 3. The van der Waals surface area contributed by atoms with Crippen LogP contribution >= 0.6 is 0 Å². The van der Waals surface area contributed by atoms with Gasteiger partial charge in [-0.1, -0.05) is 94.8 Å². The molecule has 0 bridgehead atoms. The fourth-order valence-electron chi connectivity index (χ4n) is 4.25.